The number of hydrogen-bond donors (Lipinski definition) is 0. The van der Waals surface area contributed by atoms with E-state index in [1.165, 1.54) is 22.5 Å². The molecule has 0 atom stereocenters. The van der Waals surface area contributed by atoms with E-state index in [4.69, 9.17) is 0 Å². The van der Waals surface area contributed by atoms with Gasteiger partial charge in [-0.05, 0) is 19.4 Å². The second-order valence-electron chi connectivity index (χ2n) is 3.55. The van der Waals surface area contributed by atoms with Gasteiger partial charge >= 0.3 is 5.65 Å². The zero-order valence-corrected chi connectivity index (χ0v) is 8.50. The Morgan fingerprint density at radius 2 is 2.00 bits per heavy atom. The van der Waals surface area contributed by atoms with Crippen LogP contribution in [0.4, 0.5) is 0 Å². The van der Waals surface area contributed by atoms with Gasteiger partial charge in [-0.1, -0.05) is 5.10 Å². The van der Waals surface area contributed by atoms with E-state index in [9.17, 15) is 0 Å². The molecule has 0 aromatic carbocycles. The maximum Gasteiger partial charge on any atom is 0.310 e. The third-order valence-corrected chi connectivity index (χ3v) is 2.68. The molecule has 0 saturated heterocycles. The number of aromatic nitrogens is 3. The summed E-state index contributed by atoms with van der Waals surface area (Å²) in [5.41, 5.74) is 4.94. The third kappa shape index (κ3) is 1.03. The molecule has 2 rings (SSSR count). The minimum absolute atomic E-state index is 1.18. The summed E-state index contributed by atoms with van der Waals surface area (Å²) in [7, 11) is 2.07. The summed E-state index contributed by atoms with van der Waals surface area (Å²) < 4.78 is 4.09. The topological polar surface area (TPSA) is 21.2 Å². The molecular formula is C10H14N3+. The number of hydrogen-bond acceptors (Lipinski definition) is 1. The second kappa shape index (κ2) is 2.55. The normalized spacial score (nSPS) is 11.1. The molecule has 0 unspecified atom stereocenters. The lowest BCUT2D eigenvalue weighted by Gasteiger charge is -1.96. The maximum atomic E-state index is 4.32. The van der Waals surface area contributed by atoms with Crippen LogP contribution in [0.1, 0.15) is 16.8 Å². The summed E-state index contributed by atoms with van der Waals surface area (Å²) in [5, 5.41) is 4.32. The lowest BCUT2D eigenvalue weighted by molar-refractivity contribution is -0.651. The van der Waals surface area contributed by atoms with Crippen LogP contribution in [-0.2, 0) is 7.05 Å². The molecule has 0 aliphatic heterocycles. The fourth-order valence-corrected chi connectivity index (χ4v) is 1.58. The fraction of sp³-hybridized carbons (Fsp3) is 0.400. The molecule has 2 heterocycles. The Balaban J connectivity index is 2.97. The van der Waals surface area contributed by atoms with Gasteiger partial charge in [0.25, 0.3) is 0 Å². The van der Waals surface area contributed by atoms with E-state index in [0.29, 0.717) is 0 Å². The molecule has 0 aliphatic rings. The Hall–Kier alpha value is -1.38. The second-order valence-corrected chi connectivity index (χ2v) is 3.55. The van der Waals surface area contributed by atoms with Gasteiger partial charge in [-0.3, -0.25) is 0 Å². The zero-order valence-electron chi connectivity index (χ0n) is 8.50. The van der Waals surface area contributed by atoms with E-state index in [2.05, 4.69) is 37.5 Å². The van der Waals surface area contributed by atoms with Crippen molar-refractivity contribution in [3.8, 4) is 0 Å². The van der Waals surface area contributed by atoms with E-state index < -0.39 is 0 Å². The quantitative estimate of drug-likeness (QED) is 0.550. The standard InChI is InChI=1S/C10H14N3/c1-7-5-11-13-6-8(2)12(4)10(13)9(7)3/h5-6H,1-4H3/q+1. The Bertz CT molecular complexity index is 468. The first-order valence-corrected chi connectivity index (χ1v) is 4.41. The Kier molecular flexibility index (Phi) is 1.62. The molecule has 0 saturated carbocycles. The van der Waals surface area contributed by atoms with Crippen molar-refractivity contribution in [2.75, 3.05) is 0 Å². The van der Waals surface area contributed by atoms with E-state index >= 15 is 0 Å². The summed E-state index contributed by atoms with van der Waals surface area (Å²) >= 11 is 0. The first kappa shape index (κ1) is 8.23. The highest BCUT2D eigenvalue weighted by molar-refractivity contribution is 5.44. The van der Waals surface area contributed by atoms with E-state index in [1.54, 1.807) is 0 Å². The van der Waals surface area contributed by atoms with Crippen molar-refractivity contribution in [1.29, 1.82) is 0 Å². The molecule has 3 heteroatoms. The highest BCUT2D eigenvalue weighted by Crippen LogP contribution is 2.09. The number of aryl methyl sites for hydroxylation is 4. The van der Waals surface area contributed by atoms with Crippen LogP contribution in [0.15, 0.2) is 12.4 Å². The molecule has 13 heavy (non-hydrogen) atoms. The number of nitrogens with zero attached hydrogens (tertiary/aromatic N) is 3. The van der Waals surface area contributed by atoms with Gasteiger partial charge in [0, 0.05) is 12.5 Å². The van der Waals surface area contributed by atoms with Crippen LogP contribution in [0, 0.1) is 20.8 Å². The van der Waals surface area contributed by atoms with Gasteiger partial charge in [-0.25, -0.2) is 4.57 Å². The minimum atomic E-state index is 1.18. The molecule has 0 spiro atoms. The molecule has 0 bridgehead atoms. The van der Waals surface area contributed by atoms with Gasteiger partial charge < -0.3 is 0 Å². The van der Waals surface area contributed by atoms with Crippen molar-refractivity contribution < 1.29 is 4.57 Å². The Labute approximate surface area is 77.6 Å². The van der Waals surface area contributed by atoms with Crippen molar-refractivity contribution in [3.05, 3.63) is 29.2 Å². The largest absolute Gasteiger partial charge is 0.310 e. The molecule has 3 nitrogen and oxygen atoms in total. The van der Waals surface area contributed by atoms with Gasteiger partial charge in [0.15, 0.2) is 6.20 Å². The van der Waals surface area contributed by atoms with Crippen molar-refractivity contribution >= 4 is 5.65 Å². The van der Waals surface area contributed by atoms with Crippen LogP contribution < -0.4 is 4.57 Å². The first-order chi connectivity index (χ1) is 6.11. The third-order valence-electron chi connectivity index (χ3n) is 2.68. The summed E-state index contributed by atoms with van der Waals surface area (Å²) in [6.07, 6.45) is 3.95. The number of fused-ring (bicyclic) bond motifs is 1. The van der Waals surface area contributed by atoms with Gasteiger partial charge in [-0.15, -0.1) is 4.52 Å². The molecular weight excluding hydrogens is 162 g/mol. The molecule has 0 fully saturated rings. The molecule has 68 valence electrons. The van der Waals surface area contributed by atoms with E-state index in [-0.39, 0.29) is 0 Å². The highest BCUT2D eigenvalue weighted by Gasteiger charge is 2.15. The Morgan fingerprint density at radius 3 is 2.69 bits per heavy atom. The molecule has 0 radical (unpaired) electrons. The lowest BCUT2D eigenvalue weighted by atomic mass is 10.2. The van der Waals surface area contributed by atoms with Crippen molar-refractivity contribution in [1.82, 2.24) is 9.61 Å². The highest BCUT2D eigenvalue weighted by atomic mass is 15.3. The summed E-state index contributed by atoms with van der Waals surface area (Å²) in [6, 6.07) is 0. The average molecular weight is 176 g/mol. The predicted octanol–water partition coefficient (Wildman–Crippen LogP) is 1.08. The van der Waals surface area contributed by atoms with Crippen LogP contribution in [0.2, 0.25) is 0 Å². The predicted molar refractivity (Wildman–Crippen MR) is 50.6 cm³/mol. The van der Waals surface area contributed by atoms with Crippen molar-refractivity contribution in [3.63, 3.8) is 0 Å². The molecule has 2 aromatic rings. The van der Waals surface area contributed by atoms with E-state index in [0.717, 1.165) is 0 Å². The first-order valence-electron chi connectivity index (χ1n) is 4.41. The summed E-state index contributed by atoms with van der Waals surface area (Å²) in [4.78, 5) is 0. The fourth-order valence-electron chi connectivity index (χ4n) is 1.58. The maximum absolute atomic E-state index is 4.32. The van der Waals surface area contributed by atoms with Crippen LogP contribution in [0.5, 0.6) is 0 Å². The van der Waals surface area contributed by atoms with Crippen LogP contribution in [0.25, 0.3) is 5.65 Å². The van der Waals surface area contributed by atoms with Gasteiger partial charge in [0.1, 0.15) is 5.69 Å². The van der Waals surface area contributed by atoms with Gasteiger partial charge in [0.2, 0.25) is 0 Å². The molecule has 0 amide bonds. The van der Waals surface area contributed by atoms with Crippen LogP contribution in [0.3, 0.4) is 0 Å². The minimum Gasteiger partial charge on any atom is -0.228 e. The van der Waals surface area contributed by atoms with Crippen LogP contribution in [-0.4, -0.2) is 9.61 Å². The SMILES string of the molecule is Cc1cnn2cc(C)[n+](C)c2c1C. The zero-order chi connectivity index (χ0) is 9.59. The lowest BCUT2D eigenvalue weighted by Crippen LogP contribution is -2.30. The summed E-state index contributed by atoms with van der Waals surface area (Å²) in [5.74, 6) is 0. The van der Waals surface area contributed by atoms with Crippen LogP contribution >= 0.6 is 0 Å². The Morgan fingerprint density at radius 1 is 1.31 bits per heavy atom. The molecule has 0 aliphatic carbocycles. The number of rotatable bonds is 0. The van der Waals surface area contributed by atoms with Crippen molar-refractivity contribution in [2.45, 2.75) is 20.8 Å². The molecule has 2 aromatic heterocycles. The van der Waals surface area contributed by atoms with Gasteiger partial charge in [0.05, 0.1) is 13.2 Å². The van der Waals surface area contributed by atoms with E-state index in [1.807, 2.05) is 16.9 Å². The average Bonchev–Trinajstić information content (AvgIpc) is 2.37. The monoisotopic (exact) mass is 176 g/mol. The smallest absolute Gasteiger partial charge is 0.228 e. The summed E-state index contributed by atoms with van der Waals surface area (Å²) in [6.45, 7) is 6.31. The molecule has 0 N–H and O–H groups in total. The number of imidazole rings is 1. The van der Waals surface area contributed by atoms with Gasteiger partial charge in [-0.2, -0.15) is 0 Å². The van der Waals surface area contributed by atoms with Crippen molar-refractivity contribution in [2.24, 2.45) is 7.05 Å².